The van der Waals surface area contributed by atoms with Crippen LogP contribution in [0.3, 0.4) is 0 Å². The number of rotatable bonds is 0. The van der Waals surface area contributed by atoms with Crippen molar-refractivity contribution in [2.24, 2.45) is 16.8 Å². The number of hydrogen-bond acceptors (Lipinski definition) is 1. The molecule has 2 aliphatic rings. The summed E-state index contributed by atoms with van der Waals surface area (Å²) in [6.07, 6.45) is 6.87. The predicted molar refractivity (Wildman–Crippen MR) is 48.0 cm³/mol. The minimum absolute atomic E-state index is 0.873. The van der Waals surface area contributed by atoms with E-state index >= 15 is 0 Å². The molecule has 1 fully saturated rings. The van der Waals surface area contributed by atoms with Gasteiger partial charge in [0, 0.05) is 12.3 Å². The van der Waals surface area contributed by atoms with Crippen LogP contribution in [0.1, 0.15) is 39.0 Å². The van der Waals surface area contributed by atoms with Gasteiger partial charge in [0.2, 0.25) is 0 Å². The highest BCUT2D eigenvalue weighted by atomic mass is 14.8. The molecule has 1 heteroatoms. The Hall–Kier alpha value is -0.330. The van der Waals surface area contributed by atoms with Crippen LogP contribution in [-0.2, 0) is 0 Å². The Bertz CT molecular complexity index is 172. The summed E-state index contributed by atoms with van der Waals surface area (Å²) in [6, 6.07) is 0. The van der Waals surface area contributed by atoms with E-state index in [9.17, 15) is 0 Å². The Morgan fingerprint density at radius 3 is 3.00 bits per heavy atom. The lowest BCUT2D eigenvalue weighted by Crippen LogP contribution is -2.29. The highest BCUT2D eigenvalue weighted by Gasteiger charge is 2.27. The van der Waals surface area contributed by atoms with Crippen LogP contribution in [0.15, 0.2) is 4.99 Å². The van der Waals surface area contributed by atoms with Crippen molar-refractivity contribution in [1.29, 1.82) is 0 Å². The molecule has 0 bridgehead atoms. The van der Waals surface area contributed by atoms with Crippen molar-refractivity contribution in [1.82, 2.24) is 0 Å². The number of fused-ring (bicyclic) bond motifs is 1. The van der Waals surface area contributed by atoms with Gasteiger partial charge in [0.05, 0.1) is 0 Å². The Labute approximate surface area is 68.9 Å². The summed E-state index contributed by atoms with van der Waals surface area (Å²) in [5.74, 6) is 1.79. The molecule has 0 amide bonds. The average Bonchev–Trinajstić information content (AvgIpc) is 2.06. The summed E-state index contributed by atoms with van der Waals surface area (Å²) in [5, 5.41) is 0. The highest BCUT2D eigenvalue weighted by Crippen LogP contribution is 2.32. The molecule has 1 aliphatic heterocycles. The van der Waals surface area contributed by atoms with Crippen LogP contribution in [0.5, 0.6) is 0 Å². The van der Waals surface area contributed by atoms with E-state index in [1.807, 2.05) is 0 Å². The van der Waals surface area contributed by atoms with Gasteiger partial charge in [-0.2, -0.15) is 0 Å². The van der Waals surface area contributed by atoms with Crippen molar-refractivity contribution in [3.05, 3.63) is 0 Å². The zero-order valence-electron chi connectivity index (χ0n) is 7.34. The molecule has 1 aliphatic carbocycles. The molecule has 0 radical (unpaired) electrons. The van der Waals surface area contributed by atoms with E-state index in [1.54, 1.807) is 5.71 Å². The fourth-order valence-corrected chi connectivity index (χ4v) is 2.44. The topological polar surface area (TPSA) is 12.4 Å². The summed E-state index contributed by atoms with van der Waals surface area (Å²) in [5.41, 5.74) is 1.55. The molecule has 0 unspecified atom stereocenters. The van der Waals surface area contributed by atoms with Gasteiger partial charge >= 0.3 is 0 Å². The molecule has 1 heterocycles. The first-order chi connectivity index (χ1) is 5.38. The van der Waals surface area contributed by atoms with Crippen molar-refractivity contribution in [2.45, 2.75) is 39.0 Å². The summed E-state index contributed by atoms with van der Waals surface area (Å²) in [4.78, 5) is 4.62. The second-order valence-electron chi connectivity index (χ2n) is 3.99. The maximum Gasteiger partial charge on any atom is 0.0391 e. The largest absolute Gasteiger partial charge is 0.294 e. The molecule has 1 nitrogen and oxygen atoms in total. The first-order valence-electron chi connectivity index (χ1n) is 4.91. The van der Waals surface area contributed by atoms with Gasteiger partial charge in [-0.15, -0.1) is 0 Å². The lowest BCUT2D eigenvalue weighted by molar-refractivity contribution is 0.356. The van der Waals surface area contributed by atoms with Crippen LogP contribution in [0, 0.1) is 11.8 Å². The Balaban J connectivity index is 2.13. The van der Waals surface area contributed by atoms with Gasteiger partial charge in [-0.3, -0.25) is 4.99 Å². The summed E-state index contributed by atoms with van der Waals surface area (Å²) < 4.78 is 0. The lowest BCUT2D eigenvalue weighted by atomic mass is 9.76. The van der Waals surface area contributed by atoms with Crippen LogP contribution in [0.4, 0.5) is 0 Å². The lowest BCUT2D eigenvalue weighted by Gasteiger charge is -2.32. The third-order valence-corrected chi connectivity index (χ3v) is 3.21. The van der Waals surface area contributed by atoms with E-state index in [0.29, 0.717) is 0 Å². The van der Waals surface area contributed by atoms with Crippen molar-refractivity contribution >= 4 is 5.71 Å². The van der Waals surface area contributed by atoms with Crippen LogP contribution >= 0.6 is 0 Å². The predicted octanol–water partition coefficient (Wildman–Crippen LogP) is 2.66. The van der Waals surface area contributed by atoms with Gasteiger partial charge in [-0.25, -0.2) is 0 Å². The quantitative estimate of drug-likeness (QED) is 0.504. The first kappa shape index (κ1) is 7.33. The van der Waals surface area contributed by atoms with E-state index < -0.39 is 0 Å². The Kier molecular flexibility index (Phi) is 1.97. The van der Waals surface area contributed by atoms with Gasteiger partial charge in [-0.1, -0.05) is 13.3 Å². The Morgan fingerprint density at radius 1 is 1.27 bits per heavy atom. The van der Waals surface area contributed by atoms with E-state index in [4.69, 9.17) is 0 Å². The van der Waals surface area contributed by atoms with Gasteiger partial charge in [0.1, 0.15) is 0 Å². The molecule has 1 saturated carbocycles. The van der Waals surface area contributed by atoms with Gasteiger partial charge in [-0.05, 0) is 37.5 Å². The van der Waals surface area contributed by atoms with Crippen molar-refractivity contribution < 1.29 is 0 Å². The number of nitrogens with zero attached hydrogens (tertiary/aromatic N) is 1. The minimum Gasteiger partial charge on any atom is -0.294 e. The first-order valence-corrected chi connectivity index (χ1v) is 4.91. The van der Waals surface area contributed by atoms with Crippen molar-refractivity contribution in [2.75, 3.05) is 6.54 Å². The maximum absolute atomic E-state index is 4.62. The minimum atomic E-state index is 0.873. The molecule has 0 aromatic heterocycles. The van der Waals surface area contributed by atoms with E-state index in [0.717, 1.165) is 18.4 Å². The van der Waals surface area contributed by atoms with Crippen LogP contribution in [0.2, 0.25) is 0 Å². The van der Waals surface area contributed by atoms with Gasteiger partial charge in [0.15, 0.2) is 0 Å². The summed E-state index contributed by atoms with van der Waals surface area (Å²) >= 11 is 0. The standard InChI is InChI=1S/C10H17N/c1-8-6-7-11-10-5-3-2-4-9(8)10/h8-9H,2-7H2,1H3/t8-,9+/m1/s1. The van der Waals surface area contributed by atoms with Crippen LogP contribution in [0.25, 0.3) is 0 Å². The third-order valence-electron chi connectivity index (χ3n) is 3.21. The van der Waals surface area contributed by atoms with Gasteiger partial charge < -0.3 is 0 Å². The molecule has 0 aromatic carbocycles. The van der Waals surface area contributed by atoms with Crippen molar-refractivity contribution in [3.63, 3.8) is 0 Å². The molecule has 62 valence electrons. The monoisotopic (exact) mass is 151 g/mol. The number of hydrogen-bond donors (Lipinski definition) is 0. The molecular weight excluding hydrogens is 134 g/mol. The molecule has 0 saturated heterocycles. The van der Waals surface area contributed by atoms with Crippen molar-refractivity contribution in [3.8, 4) is 0 Å². The highest BCUT2D eigenvalue weighted by molar-refractivity contribution is 5.88. The number of aliphatic imine (C=N–C) groups is 1. The zero-order chi connectivity index (χ0) is 7.68. The van der Waals surface area contributed by atoms with E-state index in [1.165, 1.54) is 32.1 Å². The fourth-order valence-electron chi connectivity index (χ4n) is 2.44. The SMILES string of the molecule is C[C@@H]1CCN=C2CCCC[C@H]21. The second-order valence-corrected chi connectivity index (χ2v) is 3.99. The normalized spacial score (nSPS) is 37.7. The van der Waals surface area contributed by atoms with Gasteiger partial charge in [0.25, 0.3) is 0 Å². The molecular formula is C10H17N. The molecule has 11 heavy (non-hydrogen) atoms. The maximum atomic E-state index is 4.62. The summed E-state index contributed by atoms with van der Waals surface area (Å²) in [7, 11) is 0. The molecule has 2 rings (SSSR count). The third kappa shape index (κ3) is 1.33. The van der Waals surface area contributed by atoms with E-state index in [-0.39, 0.29) is 0 Å². The molecule has 0 aromatic rings. The average molecular weight is 151 g/mol. The van der Waals surface area contributed by atoms with Crippen LogP contribution < -0.4 is 0 Å². The van der Waals surface area contributed by atoms with Crippen LogP contribution in [-0.4, -0.2) is 12.3 Å². The zero-order valence-corrected chi connectivity index (χ0v) is 7.34. The Morgan fingerprint density at radius 2 is 2.18 bits per heavy atom. The smallest absolute Gasteiger partial charge is 0.0391 e. The molecule has 0 N–H and O–H groups in total. The molecule has 2 atom stereocenters. The molecule has 0 spiro atoms. The second kappa shape index (κ2) is 2.96. The summed E-state index contributed by atoms with van der Waals surface area (Å²) in [6.45, 7) is 3.50. The fraction of sp³-hybridized carbons (Fsp3) is 0.900. The van der Waals surface area contributed by atoms with E-state index in [2.05, 4.69) is 11.9 Å².